The molecule has 1 aromatic rings. The number of hydrogen-bond donors (Lipinski definition) is 1. The molecular formula is C17H28IN3O. The van der Waals surface area contributed by atoms with Crippen LogP contribution in [-0.4, -0.2) is 37.1 Å². The molecule has 0 unspecified atom stereocenters. The number of benzene rings is 1. The molecule has 0 bridgehead atoms. The van der Waals surface area contributed by atoms with Gasteiger partial charge in [0.15, 0.2) is 5.96 Å². The fourth-order valence-electron chi connectivity index (χ4n) is 2.59. The van der Waals surface area contributed by atoms with Crippen molar-refractivity contribution in [2.24, 2.45) is 16.6 Å². The summed E-state index contributed by atoms with van der Waals surface area (Å²) in [6.45, 7) is 7.80. The molecule has 0 atom stereocenters. The maximum absolute atomic E-state index is 6.09. The second-order valence-electron chi connectivity index (χ2n) is 5.74. The summed E-state index contributed by atoms with van der Waals surface area (Å²) in [5.41, 5.74) is 7.33. The lowest BCUT2D eigenvalue weighted by Gasteiger charge is -2.31. The van der Waals surface area contributed by atoms with Crippen molar-refractivity contribution in [3.63, 3.8) is 0 Å². The number of rotatable bonds is 5. The van der Waals surface area contributed by atoms with Gasteiger partial charge in [-0.15, -0.1) is 24.0 Å². The summed E-state index contributed by atoms with van der Waals surface area (Å²) in [6.07, 6.45) is 3.32. The first-order valence-corrected chi connectivity index (χ1v) is 7.95. The van der Waals surface area contributed by atoms with E-state index in [1.807, 2.05) is 19.1 Å². The molecular weight excluding hydrogens is 389 g/mol. The summed E-state index contributed by atoms with van der Waals surface area (Å²) < 4.78 is 5.51. The Bertz CT molecular complexity index is 471. The van der Waals surface area contributed by atoms with Gasteiger partial charge in [0.05, 0.1) is 6.61 Å². The minimum atomic E-state index is 0. The predicted molar refractivity (Wildman–Crippen MR) is 103 cm³/mol. The number of piperidine rings is 1. The molecule has 0 saturated carbocycles. The molecule has 1 saturated heterocycles. The van der Waals surface area contributed by atoms with E-state index in [1.165, 1.54) is 18.4 Å². The molecule has 0 aliphatic carbocycles. The third kappa shape index (κ3) is 6.02. The fourth-order valence-corrected chi connectivity index (χ4v) is 2.59. The summed E-state index contributed by atoms with van der Waals surface area (Å²) in [6, 6.07) is 8.20. The lowest BCUT2D eigenvalue weighted by Crippen LogP contribution is -2.42. The van der Waals surface area contributed by atoms with E-state index in [4.69, 9.17) is 10.5 Å². The van der Waals surface area contributed by atoms with Gasteiger partial charge in [-0.25, -0.2) is 0 Å². The summed E-state index contributed by atoms with van der Waals surface area (Å²) in [4.78, 5) is 6.73. The maximum Gasteiger partial charge on any atom is 0.191 e. The van der Waals surface area contributed by atoms with Crippen LogP contribution in [0.5, 0.6) is 5.75 Å². The van der Waals surface area contributed by atoms with Crippen molar-refractivity contribution >= 4 is 29.9 Å². The van der Waals surface area contributed by atoms with Crippen LogP contribution in [0.4, 0.5) is 0 Å². The van der Waals surface area contributed by atoms with E-state index in [-0.39, 0.29) is 24.0 Å². The van der Waals surface area contributed by atoms with Crippen molar-refractivity contribution < 1.29 is 4.74 Å². The Labute approximate surface area is 151 Å². The summed E-state index contributed by atoms with van der Waals surface area (Å²) >= 11 is 0. The number of likely N-dealkylation sites (tertiary alicyclic amines) is 1. The van der Waals surface area contributed by atoms with Crippen LogP contribution in [0.25, 0.3) is 0 Å². The Morgan fingerprint density at radius 1 is 1.36 bits per heavy atom. The third-order valence-corrected chi connectivity index (χ3v) is 3.99. The number of ether oxygens (including phenoxy) is 1. The molecule has 0 radical (unpaired) electrons. The van der Waals surface area contributed by atoms with Gasteiger partial charge in [-0.3, -0.25) is 4.99 Å². The predicted octanol–water partition coefficient (Wildman–Crippen LogP) is 3.29. The van der Waals surface area contributed by atoms with Crippen LogP contribution in [0.15, 0.2) is 29.3 Å². The summed E-state index contributed by atoms with van der Waals surface area (Å²) in [5, 5.41) is 0. The highest BCUT2D eigenvalue weighted by atomic mass is 127. The smallest absolute Gasteiger partial charge is 0.191 e. The van der Waals surface area contributed by atoms with Crippen molar-refractivity contribution in [2.75, 3.05) is 26.2 Å². The van der Waals surface area contributed by atoms with E-state index in [9.17, 15) is 0 Å². The van der Waals surface area contributed by atoms with Gasteiger partial charge in [0.25, 0.3) is 0 Å². The molecule has 4 nitrogen and oxygen atoms in total. The Hall–Kier alpha value is -0.980. The number of guanidine groups is 1. The van der Waals surface area contributed by atoms with E-state index in [0.29, 0.717) is 12.6 Å². The molecule has 2 N–H and O–H groups in total. The Morgan fingerprint density at radius 3 is 2.77 bits per heavy atom. The largest absolute Gasteiger partial charge is 0.494 e. The van der Waals surface area contributed by atoms with E-state index in [0.717, 1.165) is 37.7 Å². The van der Waals surface area contributed by atoms with Crippen LogP contribution in [-0.2, 0) is 6.42 Å². The SMILES string of the molecule is CCOc1cccc(CCN=C(N)N2CCC(C)CC2)c1.I. The average Bonchev–Trinajstić information content (AvgIpc) is 2.48. The monoisotopic (exact) mass is 417 g/mol. The Balaban J connectivity index is 0.00000242. The van der Waals surface area contributed by atoms with E-state index >= 15 is 0 Å². The number of halogens is 1. The molecule has 2 rings (SSSR count). The van der Waals surface area contributed by atoms with Crippen molar-refractivity contribution in [1.82, 2.24) is 4.90 Å². The van der Waals surface area contributed by atoms with Crippen molar-refractivity contribution in [2.45, 2.75) is 33.1 Å². The first-order valence-electron chi connectivity index (χ1n) is 7.95. The van der Waals surface area contributed by atoms with Gasteiger partial charge in [-0.2, -0.15) is 0 Å². The minimum absolute atomic E-state index is 0. The number of aliphatic imine (C=N–C) groups is 1. The van der Waals surface area contributed by atoms with Gasteiger partial charge in [0.2, 0.25) is 0 Å². The van der Waals surface area contributed by atoms with E-state index in [1.54, 1.807) is 0 Å². The van der Waals surface area contributed by atoms with Gasteiger partial charge in [-0.1, -0.05) is 19.1 Å². The van der Waals surface area contributed by atoms with Crippen LogP contribution >= 0.6 is 24.0 Å². The second kappa shape index (κ2) is 9.92. The van der Waals surface area contributed by atoms with E-state index in [2.05, 4.69) is 28.9 Å². The molecule has 22 heavy (non-hydrogen) atoms. The van der Waals surface area contributed by atoms with Crippen LogP contribution in [0.2, 0.25) is 0 Å². The third-order valence-electron chi connectivity index (χ3n) is 3.99. The number of nitrogens with zero attached hydrogens (tertiary/aromatic N) is 2. The van der Waals surface area contributed by atoms with Gasteiger partial charge in [-0.05, 0) is 49.8 Å². The van der Waals surface area contributed by atoms with Gasteiger partial charge in [0, 0.05) is 19.6 Å². The normalized spacial score (nSPS) is 16.3. The van der Waals surface area contributed by atoms with Gasteiger partial charge >= 0.3 is 0 Å². The zero-order chi connectivity index (χ0) is 15.1. The van der Waals surface area contributed by atoms with Crippen LogP contribution in [0.3, 0.4) is 0 Å². The van der Waals surface area contributed by atoms with Crippen molar-refractivity contribution in [3.05, 3.63) is 29.8 Å². The lowest BCUT2D eigenvalue weighted by molar-refractivity contribution is 0.277. The van der Waals surface area contributed by atoms with Gasteiger partial charge in [0.1, 0.15) is 5.75 Å². The molecule has 1 heterocycles. The lowest BCUT2D eigenvalue weighted by atomic mass is 10.00. The van der Waals surface area contributed by atoms with Crippen LogP contribution in [0, 0.1) is 5.92 Å². The Kier molecular flexibility index (Phi) is 8.60. The molecule has 1 aliphatic rings. The topological polar surface area (TPSA) is 50.9 Å². The fraction of sp³-hybridized carbons (Fsp3) is 0.588. The van der Waals surface area contributed by atoms with Crippen LogP contribution in [0.1, 0.15) is 32.3 Å². The highest BCUT2D eigenvalue weighted by molar-refractivity contribution is 14.0. The van der Waals surface area contributed by atoms with Crippen molar-refractivity contribution in [1.29, 1.82) is 0 Å². The number of hydrogen-bond acceptors (Lipinski definition) is 2. The first-order chi connectivity index (χ1) is 10.2. The van der Waals surface area contributed by atoms with Gasteiger partial charge < -0.3 is 15.4 Å². The zero-order valence-corrected chi connectivity index (χ0v) is 16.0. The average molecular weight is 417 g/mol. The maximum atomic E-state index is 6.09. The molecule has 1 aromatic carbocycles. The molecule has 0 aromatic heterocycles. The highest BCUT2D eigenvalue weighted by Gasteiger charge is 2.16. The molecule has 0 spiro atoms. The molecule has 1 fully saturated rings. The quantitative estimate of drug-likeness (QED) is 0.455. The van der Waals surface area contributed by atoms with E-state index < -0.39 is 0 Å². The molecule has 0 amide bonds. The molecule has 5 heteroatoms. The highest BCUT2D eigenvalue weighted by Crippen LogP contribution is 2.16. The molecule has 1 aliphatic heterocycles. The Morgan fingerprint density at radius 2 is 2.09 bits per heavy atom. The first kappa shape index (κ1) is 19.1. The second-order valence-corrected chi connectivity index (χ2v) is 5.74. The summed E-state index contributed by atoms with van der Waals surface area (Å²) in [5.74, 6) is 2.44. The van der Waals surface area contributed by atoms with Crippen LogP contribution < -0.4 is 10.5 Å². The number of nitrogens with two attached hydrogens (primary N) is 1. The minimum Gasteiger partial charge on any atom is -0.494 e. The summed E-state index contributed by atoms with van der Waals surface area (Å²) in [7, 11) is 0. The van der Waals surface area contributed by atoms with Crippen molar-refractivity contribution in [3.8, 4) is 5.75 Å². The standard InChI is InChI=1S/C17H27N3O.HI/c1-3-21-16-6-4-5-15(13-16)7-10-19-17(18)20-11-8-14(2)9-12-20;/h4-6,13-14H,3,7-12H2,1-2H3,(H2,18,19);1H. The zero-order valence-electron chi connectivity index (χ0n) is 13.6. The molecule has 124 valence electrons.